The lowest BCUT2D eigenvalue weighted by atomic mass is 9.81. The summed E-state index contributed by atoms with van der Waals surface area (Å²) in [4.78, 5) is 32.4. The van der Waals surface area contributed by atoms with Crippen molar-refractivity contribution < 1.29 is 14.3 Å². The van der Waals surface area contributed by atoms with Crippen molar-refractivity contribution in [1.29, 1.82) is 0 Å². The van der Waals surface area contributed by atoms with Gasteiger partial charge in [-0.1, -0.05) is 35.7 Å². The van der Waals surface area contributed by atoms with Gasteiger partial charge in [-0.2, -0.15) is 0 Å². The van der Waals surface area contributed by atoms with E-state index in [1.807, 2.05) is 6.07 Å². The molecule has 0 spiro atoms. The molecule has 0 bridgehead atoms. The van der Waals surface area contributed by atoms with Gasteiger partial charge in [0, 0.05) is 25.2 Å². The molecule has 3 fully saturated rings. The fourth-order valence-corrected chi connectivity index (χ4v) is 5.94. The standard InChI is InChI=1S/C23H31Cl2N3O3.ClH/c1-31-22(30)15-27-11-12-28(21(29)14-16-7-8-17(24)18(25)13-16)23-19(5-4-6-20(23)27)26-9-2-3-10-26;/h7-8,13,19-20,23H,2-6,9-12,14-15H2,1H3;1H/t19-,20-,23+;/m0./s1. The van der Waals surface area contributed by atoms with E-state index in [4.69, 9.17) is 27.9 Å². The number of amides is 1. The molecule has 2 heterocycles. The van der Waals surface area contributed by atoms with Crippen LogP contribution in [0, 0.1) is 0 Å². The van der Waals surface area contributed by atoms with Crippen LogP contribution in [0.15, 0.2) is 18.2 Å². The van der Waals surface area contributed by atoms with Crippen molar-refractivity contribution in [3.8, 4) is 0 Å². The molecule has 0 unspecified atom stereocenters. The van der Waals surface area contributed by atoms with E-state index in [1.165, 1.54) is 20.0 Å². The molecule has 1 saturated carbocycles. The van der Waals surface area contributed by atoms with Gasteiger partial charge in [0.15, 0.2) is 0 Å². The average molecular weight is 505 g/mol. The van der Waals surface area contributed by atoms with Gasteiger partial charge in [-0.05, 0) is 56.5 Å². The van der Waals surface area contributed by atoms with E-state index < -0.39 is 0 Å². The fraction of sp³-hybridized carbons (Fsp3) is 0.652. The molecule has 3 aliphatic rings. The second-order valence-electron chi connectivity index (χ2n) is 8.86. The number of carbonyl (C=O) groups is 2. The minimum Gasteiger partial charge on any atom is -0.468 e. The lowest BCUT2D eigenvalue weighted by Gasteiger charge is -2.54. The van der Waals surface area contributed by atoms with Crippen LogP contribution >= 0.6 is 35.6 Å². The number of esters is 1. The van der Waals surface area contributed by atoms with Crippen molar-refractivity contribution in [3.63, 3.8) is 0 Å². The quantitative estimate of drug-likeness (QED) is 0.573. The van der Waals surface area contributed by atoms with Crippen molar-refractivity contribution in [2.45, 2.75) is 56.7 Å². The van der Waals surface area contributed by atoms with Gasteiger partial charge < -0.3 is 9.64 Å². The van der Waals surface area contributed by atoms with Gasteiger partial charge in [-0.25, -0.2) is 0 Å². The van der Waals surface area contributed by atoms with Crippen LogP contribution < -0.4 is 0 Å². The van der Waals surface area contributed by atoms with Crippen LogP contribution in [0.25, 0.3) is 0 Å². The van der Waals surface area contributed by atoms with Crippen LogP contribution in [-0.4, -0.2) is 84.5 Å². The number of hydrogen-bond donors (Lipinski definition) is 0. The number of benzene rings is 1. The fourth-order valence-electron chi connectivity index (χ4n) is 5.61. The molecule has 1 aliphatic carbocycles. The highest BCUT2D eigenvalue weighted by Crippen LogP contribution is 2.35. The Morgan fingerprint density at radius 1 is 1.00 bits per heavy atom. The minimum atomic E-state index is -0.211. The van der Waals surface area contributed by atoms with E-state index in [2.05, 4.69) is 14.7 Å². The number of piperazine rings is 1. The first-order valence-corrected chi connectivity index (χ1v) is 12.0. The summed E-state index contributed by atoms with van der Waals surface area (Å²) >= 11 is 12.2. The maximum atomic E-state index is 13.5. The first-order valence-electron chi connectivity index (χ1n) is 11.3. The van der Waals surface area contributed by atoms with Crippen LogP contribution in [0.2, 0.25) is 10.0 Å². The van der Waals surface area contributed by atoms with E-state index in [0.717, 1.165) is 37.9 Å². The number of carbonyl (C=O) groups excluding carboxylic acids is 2. The third-order valence-electron chi connectivity index (χ3n) is 7.07. The topological polar surface area (TPSA) is 53.1 Å². The molecule has 32 heavy (non-hydrogen) atoms. The van der Waals surface area contributed by atoms with Crippen LogP contribution in [0.4, 0.5) is 0 Å². The summed E-state index contributed by atoms with van der Waals surface area (Å²) in [5, 5.41) is 0.969. The highest BCUT2D eigenvalue weighted by Gasteiger charge is 2.47. The minimum absolute atomic E-state index is 0. The zero-order valence-corrected chi connectivity index (χ0v) is 20.8. The van der Waals surface area contributed by atoms with Gasteiger partial charge in [0.2, 0.25) is 5.91 Å². The Morgan fingerprint density at radius 3 is 2.41 bits per heavy atom. The summed E-state index contributed by atoms with van der Waals surface area (Å²) in [6.45, 7) is 3.80. The molecular formula is C23H32Cl3N3O3. The van der Waals surface area contributed by atoms with Crippen LogP contribution in [-0.2, 0) is 20.7 Å². The average Bonchev–Trinajstić information content (AvgIpc) is 3.30. The van der Waals surface area contributed by atoms with Crippen LogP contribution in [0.3, 0.4) is 0 Å². The lowest BCUT2D eigenvalue weighted by Crippen LogP contribution is -2.69. The normalized spacial score (nSPS) is 26.3. The van der Waals surface area contributed by atoms with E-state index in [-0.39, 0.29) is 36.4 Å². The van der Waals surface area contributed by atoms with Gasteiger partial charge in [-0.3, -0.25) is 19.4 Å². The molecule has 1 amide bonds. The van der Waals surface area contributed by atoms with Crippen molar-refractivity contribution in [3.05, 3.63) is 33.8 Å². The zero-order valence-electron chi connectivity index (χ0n) is 18.5. The first kappa shape index (κ1) is 25.6. The van der Waals surface area contributed by atoms with Gasteiger partial charge >= 0.3 is 5.97 Å². The molecule has 2 saturated heterocycles. The number of hydrogen-bond acceptors (Lipinski definition) is 5. The number of halogens is 3. The van der Waals surface area contributed by atoms with E-state index in [1.54, 1.807) is 12.1 Å². The molecule has 0 radical (unpaired) electrons. The summed E-state index contributed by atoms with van der Waals surface area (Å²) in [7, 11) is 1.44. The van der Waals surface area contributed by atoms with E-state index in [0.29, 0.717) is 42.1 Å². The molecule has 9 heteroatoms. The Bertz CT molecular complexity index is 819. The summed E-state index contributed by atoms with van der Waals surface area (Å²) in [6.07, 6.45) is 5.97. The molecule has 3 atom stereocenters. The molecule has 1 aromatic rings. The third-order valence-corrected chi connectivity index (χ3v) is 7.81. The number of likely N-dealkylation sites (tertiary alicyclic amines) is 1. The first-order chi connectivity index (χ1) is 15.0. The molecule has 0 N–H and O–H groups in total. The van der Waals surface area contributed by atoms with E-state index in [9.17, 15) is 9.59 Å². The van der Waals surface area contributed by atoms with Crippen molar-refractivity contribution in [2.24, 2.45) is 0 Å². The molecule has 178 valence electrons. The van der Waals surface area contributed by atoms with Gasteiger partial charge in [0.1, 0.15) is 0 Å². The van der Waals surface area contributed by atoms with Crippen LogP contribution in [0.5, 0.6) is 0 Å². The van der Waals surface area contributed by atoms with E-state index >= 15 is 0 Å². The smallest absolute Gasteiger partial charge is 0.319 e. The molecule has 0 aromatic heterocycles. The number of methoxy groups -OCH3 is 1. The van der Waals surface area contributed by atoms with Crippen molar-refractivity contribution in [2.75, 3.05) is 39.8 Å². The molecular weight excluding hydrogens is 473 g/mol. The second kappa shape index (κ2) is 11.4. The highest BCUT2D eigenvalue weighted by atomic mass is 35.5. The maximum Gasteiger partial charge on any atom is 0.319 e. The van der Waals surface area contributed by atoms with Crippen LogP contribution in [0.1, 0.15) is 37.7 Å². The Balaban J connectivity index is 0.00000289. The Kier molecular flexibility index (Phi) is 9.10. The predicted octanol–water partition coefficient (Wildman–Crippen LogP) is 3.66. The molecule has 4 rings (SSSR count). The summed E-state index contributed by atoms with van der Waals surface area (Å²) in [5.74, 6) is -0.0881. The summed E-state index contributed by atoms with van der Waals surface area (Å²) in [6, 6.07) is 6.03. The maximum absolute atomic E-state index is 13.5. The Hall–Kier alpha value is -1.05. The molecule has 6 nitrogen and oxygen atoms in total. The number of ether oxygens (including phenoxy) is 1. The lowest BCUT2D eigenvalue weighted by molar-refractivity contribution is -0.149. The van der Waals surface area contributed by atoms with Gasteiger partial charge in [0.05, 0.1) is 36.2 Å². The van der Waals surface area contributed by atoms with Crippen molar-refractivity contribution >= 4 is 47.5 Å². The van der Waals surface area contributed by atoms with Crippen molar-refractivity contribution in [1.82, 2.24) is 14.7 Å². The highest BCUT2D eigenvalue weighted by molar-refractivity contribution is 6.42. The zero-order chi connectivity index (χ0) is 22.0. The largest absolute Gasteiger partial charge is 0.468 e. The van der Waals surface area contributed by atoms with Gasteiger partial charge in [-0.15, -0.1) is 12.4 Å². The molecule has 2 aliphatic heterocycles. The summed E-state index contributed by atoms with van der Waals surface area (Å²) in [5.41, 5.74) is 0.876. The SMILES string of the molecule is COC(=O)CN1CCN(C(=O)Cc2ccc(Cl)c(Cl)c2)[C@@H]2[C@@H](N3CCCC3)CCC[C@@H]21.Cl. The number of fused-ring (bicyclic) bond motifs is 1. The Morgan fingerprint density at radius 2 is 1.72 bits per heavy atom. The summed E-state index contributed by atoms with van der Waals surface area (Å²) < 4.78 is 4.94. The van der Waals surface area contributed by atoms with Gasteiger partial charge in [0.25, 0.3) is 0 Å². The third kappa shape index (κ3) is 5.53. The Labute approximate surface area is 206 Å². The number of nitrogens with zero attached hydrogens (tertiary/aromatic N) is 3. The predicted molar refractivity (Wildman–Crippen MR) is 129 cm³/mol. The number of rotatable bonds is 5. The second-order valence-corrected chi connectivity index (χ2v) is 9.67. The molecule has 1 aromatic carbocycles. The monoisotopic (exact) mass is 503 g/mol.